The van der Waals surface area contributed by atoms with Crippen LogP contribution in [0.15, 0.2) is 0 Å². The Hall–Kier alpha value is -0.780. The summed E-state index contributed by atoms with van der Waals surface area (Å²) in [5, 5.41) is 11.8. The number of nitrogens with one attached hydrogen (secondary N) is 1. The molecule has 1 fully saturated rings. The molecule has 2 N–H and O–H groups in total. The third-order valence-electron chi connectivity index (χ3n) is 4.41. The minimum Gasteiger partial charge on any atom is -0.396 e. The van der Waals surface area contributed by atoms with Gasteiger partial charge in [0.05, 0.1) is 5.92 Å². The molecule has 1 amide bonds. The van der Waals surface area contributed by atoms with Crippen molar-refractivity contribution in [2.24, 2.45) is 23.7 Å². The molecule has 0 heterocycles. The van der Waals surface area contributed by atoms with Crippen LogP contribution in [0.5, 0.6) is 0 Å². The first-order chi connectivity index (χ1) is 10.2. The van der Waals surface area contributed by atoms with Gasteiger partial charge < -0.3 is 10.4 Å². The highest BCUT2D eigenvalue weighted by molar-refractivity contribution is 5.78. The maximum Gasteiger partial charge on any atom is 0.391 e. The summed E-state index contributed by atoms with van der Waals surface area (Å²) in [7, 11) is 0. The number of aliphatic hydroxyl groups excluding tert-OH is 1. The van der Waals surface area contributed by atoms with Crippen LogP contribution in [-0.2, 0) is 4.79 Å². The van der Waals surface area contributed by atoms with Crippen molar-refractivity contribution in [3.63, 3.8) is 0 Å². The standard InChI is InChI=1S/C16H28F3NO2/c1-11(2)8-12(6-7-21)10-20-15(22)13-4-3-5-14(9-13)16(17,18)19/h11-14,21H,3-10H2,1-2H3,(H,20,22). The van der Waals surface area contributed by atoms with Gasteiger partial charge in [-0.1, -0.05) is 20.3 Å². The van der Waals surface area contributed by atoms with Gasteiger partial charge in [0, 0.05) is 19.1 Å². The molecule has 0 aliphatic heterocycles. The monoisotopic (exact) mass is 323 g/mol. The van der Waals surface area contributed by atoms with E-state index in [0.717, 1.165) is 6.42 Å². The van der Waals surface area contributed by atoms with Crippen molar-refractivity contribution >= 4 is 5.91 Å². The Kier molecular flexibility index (Phi) is 7.66. The molecule has 0 aromatic heterocycles. The molecule has 3 nitrogen and oxygen atoms in total. The topological polar surface area (TPSA) is 49.3 Å². The summed E-state index contributed by atoms with van der Waals surface area (Å²) < 4.78 is 38.3. The summed E-state index contributed by atoms with van der Waals surface area (Å²) in [6.07, 6.45) is -1.68. The Bertz CT molecular complexity index is 345. The molecule has 1 aliphatic carbocycles. The second-order valence-electron chi connectivity index (χ2n) is 6.86. The summed E-state index contributed by atoms with van der Waals surface area (Å²) in [5.41, 5.74) is 0. The number of rotatable bonds is 7. The van der Waals surface area contributed by atoms with E-state index in [9.17, 15) is 18.0 Å². The molecular weight excluding hydrogens is 295 g/mol. The number of aliphatic hydroxyl groups is 1. The lowest BCUT2D eigenvalue weighted by Crippen LogP contribution is -2.39. The zero-order chi connectivity index (χ0) is 16.8. The Balaban J connectivity index is 2.46. The number of amides is 1. The van der Waals surface area contributed by atoms with Gasteiger partial charge in [0.25, 0.3) is 0 Å². The molecule has 0 spiro atoms. The van der Waals surface area contributed by atoms with Gasteiger partial charge in [-0.3, -0.25) is 4.79 Å². The number of carbonyl (C=O) groups excluding carboxylic acids is 1. The van der Waals surface area contributed by atoms with Crippen LogP contribution in [0.1, 0.15) is 52.4 Å². The number of hydrogen-bond donors (Lipinski definition) is 2. The summed E-state index contributed by atoms with van der Waals surface area (Å²) in [5.74, 6) is -1.51. The Morgan fingerprint density at radius 2 is 2.00 bits per heavy atom. The lowest BCUT2D eigenvalue weighted by atomic mass is 9.80. The van der Waals surface area contributed by atoms with E-state index in [-0.39, 0.29) is 31.3 Å². The average molecular weight is 323 g/mol. The second-order valence-corrected chi connectivity index (χ2v) is 6.86. The van der Waals surface area contributed by atoms with Crippen LogP contribution in [0.2, 0.25) is 0 Å². The highest BCUT2D eigenvalue weighted by atomic mass is 19.4. The molecule has 0 aromatic rings. The largest absolute Gasteiger partial charge is 0.396 e. The highest BCUT2D eigenvalue weighted by Crippen LogP contribution is 2.39. The zero-order valence-corrected chi connectivity index (χ0v) is 13.5. The van der Waals surface area contributed by atoms with E-state index in [1.54, 1.807) is 0 Å². The molecule has 0 saturated heterocycles. The van der Waals surface area contributed by atoms with Gasteiger partial charge in [-0.05, 0) is 43.9 Å². The van der Waals surface area contributed by atoms with Crippen molar-refractivity contribution in [3.05, 3.63) is 0 Å². The molecular formula is C16H28F3NO2. The summed E-state index contributed by atoms with van der Waals surface area (Å²) in [6, 6.07) is 0. The minimum absolute atomic E-state index is 0.0623. The first-order valence-corrected chi connectivity index (χ1v) is 8.19. The first kappa shape index (κ1) is 19.3. The average Bonchev–Trinajstić information content (AvgIpc) is 2.43. The van der Waals surface area contributed by atoms with Crippen molar-refractivity contribution in [2.45, 2.75) is 58.5 Å². The molecule has 0 bridgehead atoms. The van der Waals surface area contributed by atoms with Gasteiger partial charge in [-0.25, -0.2) is 0 Å². The van der Waals surface area contributed by atoms with Gasteiger partial charge in [0.15, 0.2) is 0 Å². The van der Waals surface area contributed by atoms with E-state index in [0.29, 0.717) is 31.7 Å². The van der Waals surface area contributed by atoms with Crippen molar-refractivity contribution < 1.29 is 23.1 Å². The summed E-state index contributed by atoms with van der Waals surface area (Å²) in [4.78, 5) is 12.1. The van der Waals surface area contributed by atoms with E-state index in [1.807, 2.05) is 0 Å². The van der Waals surface area contributed by atoms with Crippen LogP contribution in [0.4, 0.5) is 13.2 Å². The van der Waals surface area contributed by atoms with Crippen LogP contribution in [0, 0.1) is 23.7 Å². The smallest absolute Gasteiger partial charge is 0.391 e. The van der Waals surface area contributed by atoms with E-state index >= 15 is 0 Å². The molecule has 1 aliphatic rings. The second kappa shape index (κ2) is 8.75. The predicted molar refractivity (Wildman–Crippen MR) is 79.2 cm³/mol. The molecule has 6 heteroatoms. The van der Waals surface area contributed by atoms with Gasteiger partial charge in [0.1, 0.15) is 0 Å². The van der Waals surface area contributed by atoms with Crippen molar-refractivity contribution in [1.29, 1.82) is 0 Å². The van der Waals surface area contributed by atoms with E-state index in [2.05, 4.69) is 19.2 Å². The lowest BCUT2D eigenvalue weighted by molar-refractivity contribution is -0.186. The molecule has 0 radical (unpaired) electrons. The third kappa shape index (κ3) is 6.55. The van der Waals surface area contributed by atoms with E-state index in [4.69, 9.17) is 5.11 Å². The molecule has 3 unspecified atom stereocenters. The molecule has 3 atom stereocenters. The Morgan fingerprint density at radius 3 is 2.55 bits per heavy atom. The van der Waals surface area contributed by atoms with Gasteiger partial charge >= 0.3 is 6.18 Å². The number of hydrogen-bond acceptors (Lipinski definition) is 2. The number of carbonyl (C=O) groups is 1. The predicted octanol–water partition coefficient (Wildman–Crippen LogP) is 3.52. The number of halogens is 3. The van der Waals surface area contributed by atoms with Gasteiger partial charge in [0.2, 0.25) is 5.91 Å². The fraction of sp³-hybridized carbons (Fsp3) is 0.938. The molecule has 1 rings (SSSR count). The van der Waals surface area contributed by atoms with E-state index < -0.39 is 18.0 Å². The van der Waals surface area contributed by atoms with Crippen LogP contribution in [0.3, 0.4) is 0 Å². The normalized spacial score (nSPS) is 24.3. The first-order valence-electron chi connectivity index (χ1n) is 8.19. The quantitative estimate of drug-likeness (QED) is 0.753. The SMILES string of the molecule is CC(C)CC(CCO)CNC(=O)C1CCCC(C(F)(F)F)C1. The third-order valence-corrected chi connectivity index (χ3v) is 4.41. The van der Waals surface area contributed by atoms with E-state index in [1.165, 1.54) is 0 Å². The molecule has 1 saturated carbocycles. The minimum atomic E-state index is -4.20. The van der Waals surface area contributed by atoms with Crippen LogP contribution in [0.25, 0.3) is 0 Å². The molecule has 130 valence electrons. The molecule has 0 aromatic carbocycles. The van der Waals surface area contributed by atoms with Gasteiger partial charge in [-0.2, -0.15) is 13.2 Å². The van der Waals surface area contributed by atoms with Crippen molar-refractivity contribution in [2.75, 3.05) is 13.2 Å². The highest BCUT2D eigenvalue weighted by Gasteiger charge is 2.43. The van der Waals surface area contributed by atoms with Crippen molar-refractivity contribution in [3.8, 4) is 0 Å². The zero-order valence-electron chi connectivity index (χ0n) is 13.5. The van der Waals surface area contributed by atoms with Crippen molar-refractivity contribution in [1.82, 2.24) is 5.32 Å². The van der Waals surface area contributed by atoms with Crippen LogP contribution >= 0.6 is 0 Å². The fourth-order valence-corrected chi connectivity index (χ4v) is 3.27. The number of alkyl halides is 3. The summed E-state index contributed by atoms with van der Waals surface area (Å²) in [6.45, 7) is 4.64. The maximum absolute atomic E-state index is 12.8. The Morgan fingerprint density at radius 1 is 1.32 bits per heavy atom. The van der Waals surface area contributed by atoms with Crippen LogP contribution in [-0.4, -0.2) is 30.3 Å². The summed E-state index contributed by atoms with van der Waals surface area (Å²) >= 11 is 0. The Labute approximate surface area is 130 Å². The van der Waals surface area contributed by atoms with Gasteiger partial charge in [-0.15, -0.1) is 0 Å². The fourth-order valence-electron chi connectivity index (χ4n) is 3.27. The molecule has 22 heavy (non-hydrogen) atoms. The van der Waals surface area contributed by atoms with Crippen LogP contribution < -0.4 is 5.32 Å². The maximum atomic E-state index is 12.8. The lowest BCUT2D eigenvalue weighted by Gasteiger charge is -2.30.